The van der Waals surface area contributed by atoms with Gasteiger partial charge in [0, 0.05) is 13.3 Å². The number of hydrogen-bond donors (Lipinski definition) is 0. The summed E-state index contributed by atoms with van der Waals surface area (Å²) in [5.74, 6) is 0.482. The predicted octanol–water partition coefficient (Wildman–Crippen LogP) is 3.88. The van der Waals surface area contributed by atoms with Crippen molar-refractivity contribution in [2.45, 2.75) is 56.0 Å². The molecule has 1 aliphatic rings. The van der Waals surface area contributed by atoms with Crippen molar-refractivity contribution in [3.8, 4) is 0 Å². The van der Waals surface area contributed by atoms with E-state index in [0.717, 1.165) is 19.3 Å². The van der Waals surface area contributed by atoms with Crippen molar-refractivity contribution < 1.29 is 9.53 Å². The topological polar surface area (TPSA) is 26.3 Å². The molecule has 1 saturated carbocycles. The number of rotatable bonds is 6. The summed E-state index contributed by atoms with van der Waals surface area (Å²) in [7, 11) is 0. The zero-order valence-electron chi connectivity index (χ0n) is 10.3. The molecule has 3 atom stereocenters. The highest BCUT2D eigenvalue weighted by Gasteiger charge is 2.56. The van der Waals surface area contributed by atoms with E-state index in [9.17, 15) is 4.79 Å². The SMILES string of the molecule is CC=CCCC(C)CC1(OC(C)=O)CC1I. The third-order valence-electron chi connectivity index (χ3n) is 3.04. The van der Waals surface area contributed by atoms with Crippen LogP contribution in [0.25, 0.3) is 0 Å². The summed E-state index contributed by atoms with van der Waals surface area (Å²) >= 11 is 2.39. The zero-order chi connectivity index (χ0) is 12.2. The molecule has 3 unspecified atom stereocenters. The molecule has 0 amide bonds. The van der Waals surface area contributed by atoms with Gasteiger partial charge in [-0.25, -0.2) is 0 Å². The standard InChI is InChI=1S/C13H21IO2/c1-4-5-6-7-10(2)8-13(9-12(13)14)16-11(3)15/h4-5,10,12H,6-9H2,1-3H3. The normalized spacial score (nSPS) is 30.4. The molecule has 1 fully saturated rings. The molecule has 2 nitrogen and oxygen atoms in total. The highest BCUT2D eigenvalue weighted by Crippen LogP contribution is 2.51. The largest absolute Gasteiger partial charge is 0.458 e. The Morgan fingerprint density at radius 1 is 1.69 bits per heavy atom. The van der Waals surface area contributed by atoms with Crippen LogP contribution in [0.2, 0.25) is 0 Å². The fourth-order valence-corrected chi connectivity index (χ4v) is 3.26. The highest BCUT2D eigenvalue weighted by molar-refractivity contribution is 14.1. The van der Waals surface area contributed by atoms with Gasteiger partial charge in [0.1, 0.15) is 5.60 Å². The first-order valence-corrected chi connectivity index (χ1v) is 7.19. The third-order valence-corrected chi connectivity index (χ3v) is 4.61. The minimum absolute atomic E-state index is 0.137. The van der Waals surface area contributed by atoms with Crippen molar-refractivity contribution in [1.82, 2.24) is 0 Å². The minimum Gasteiger partial charge on any atom is -0.458 e. The van der Waals surface area contributed by atoms with Gasteiger partial charge in [0.2, 0.25) is 0 Å². The second-order valence-electron chi connectivity index (χ2n) is 4.79. The summed E-state index contributed by atoms with van der Waals surface area (Å²) in [4.78, 5) is 11.1. The third kappa shape index (κ3) is 4.07. The van der Waals surface area contributed by atoms with E-state index in [1.54, 1.807) is 0 Å². The fourth-order valence-electron chi connectivity index (χ4n) is 2.13. The molecule has 0 aromatic rings. The molecule has 0 spiro atoms. The van der Waals surface area contributed by atoms with E-state index >= 15 is 0 Å². The molecular formula is C13H21IO2. The van der Waals surface area contributed by atoms with Crippen LogP contribution in [0.3, 0.4) is 0 Å². The molecular weight excluding hydrogens is 315 g/mol. The predicted molar refractivity (Wildman–Crippen MR) is 74.8 cm³/mol. The first-order chi connectivity index (χ1) is 7.50. The molecule has 1 aliphatic carbocycles. The molecule has 0 aliphatic heterocycles. The van der Waals surface area contributed by atoms with Crippen molar-refractivity contribution >= 4 is 28.6 Å². The highest BCUT2D eigenvalue weighted by atomic mass is 127. The first kappa shape index (κ1) is 14.0. The molecule has 0 aromatic heterocycles. The lowest BCUT2D eigenvalue weighted by Gasteiger charge is -2.20. The van der Waals surface area contributed by atoms with E-state index in [-0.39, 0.29) is 11.6 Å². The summed E-state index contributed by atoms with van der Waals surface area (Å²) in [6.07, 6.45) is 8.63. The minimum atomic E-state index is -0.139. The quantitative estimate of drug-likeness (QED) is 0.318. The maximum Gasteiger partial charge on any atom is 0.303 e. The number of esters is 1. The van der Waals surface area contributed by atoms with Crippen LogP contribution in [0, 0.1) is 5.92 Å². The van der Waals surface area contributed by atoms with Crippen LogP contribution in [0.1, 0.15) is 46.5 Å². The van der Waals surface area contributed by atoms with E-state index < -0.39 is 0 Å². The molecule has 0 N–H and O–H groups in total. The van der Waals surface area contributed by atoms with Crippen molar-refractivity contribution in [3.05, 3.63) is 12.2 Å². The van der Waals surface area contributed by atoms with E-state index in [1.165, 1.54) is 13.3 Å². The number of hydrogen-bond acceptors (Lipinski definition) is 2. The Labute approximate surface area is 112 Å². The van der Waals surface area contributed by atoms with Gasteiger partial charge < -0.3 is 4.74 Å². The Hall–Kier alpha value is -0.0600. The van der Waals surface area contributed by atoms with Gasteiger partial charge in [0.05, 0.1) is 3.92 Å². The van der Waals surface area contributed by atoms with Crippen LogP contribution < -0.4 is 0 Å². The Morgan fingerprint density at radius 3 is 2.75 bits per heavy atom. The Morgan fingerprint density at radius 2 is 2.31 bits per heavy atom. The van der Waals surface area contributed by atoms with Crippen molar-refractivity contribution in [1.29, 1.82) is 0 Å². The molecule has 3 heteroatoms. The number of ether oxygens (including phenoxy) is 1. The van der Waals surface area contributed by atoms with E-state index in [0.29, 0.717) is 9.84 Å². The van der Waals surface area contributed by atoms with Gasteiger partial charge in [-0.2, -0.15) is 0 Å². The lowest BCUT2D eigenvalue weighted by Crippen LogP contribution is -2.23. The van der Waals surface area contributed by atoms with Crippen LogP contribution in [-0.4, -0.2) is 15.5 Å². The first-order valence-electron chi connectivity index (χ1n) is 5.95. The summed E-state index contributed by atoms with van der Waals surface area (Å²) in [6, 6.07) is 0. The smallest absolute Gasteiger partial charge is 0.303 e. The summed E-state index contributed by atoms with van der Waals surface area (Å²) in [6.45, 7) is 5.80. The number of halogens is 1. The summed E-state index contributed by atoms with van der Waals surface area (Å²) in [5.41, 5.74) is -0.137. The lowest BCUT2D eigenvalue weighted by molar-refractivity contribution is -0.149. The van der Waals surface area contributed by atoms with Crippen LogP contribution in [-0.2, 0) is 9.53 Å². The molecule has 1 rings (SSSR count). The molecule has 0 saturated heterocycles. The van der Waals surface area contributed by atoms with Crippen molar-refractivity contribution in [2.75, 3.05) is 0 Å². The number of allylic oxidation sites excluding steroid dienone is 2. The van der Waals surface area contributed by atoms with Gasteiger partial charge >= 0.3 is 5.97 Å². The van der Waals surface area contributed by atoms with Gasteiger partial charge in [-0.3, -0.25) is 4.79 Å². The van der Waals surface area contributed by atoms with Crippen LogP contribution >= 0.6 is 22.6 Å². The van der Waals surface area contributed by atoms with Gasteiger partial charge in [-0.05, 0) is 32.1 Å². The molecule has 0 heterocycles. The average Bonchev–Trinajstić information content (AvgIpc) is 2.74. The molecule has 0 bridgehead atoms. The van der Waals surface area contributed by atoms with Crippen molar-refractivity contribution in [3.63, 3.8) is 0 Å². The number of carbonyl (C=O) groups excluding carboxylic acids is 1. The van der Waals surface area contributed by atoms with Crippen LogP contribution in [0.4, 0.5) is 0 Å². The number of alkyl halides is 1. The summed E-state index contributed by atoms with van der Waals surface area (Å²) < 4.78 is 5.99. The molecule has 16 heavy (non-hydrogen) atoms. The molecule has 0 aromatic carbocycles. The van der Waals surface area contributed by atoms with E-state index in [2.05, 4.69) is 41.7 Å². The van der Waals surface area contributed by atoms with Crippen molar-refractivity contribution in [2.24, 2.45) is 5.92 Å². The summed E-state index contributed by atoms with van der Waals surface area (Å²) in [5, 5.41) is 0. The van der Waals surface area contributed by atoms with Crippen LogP contribution in [0.5, 0.6) is 0 Å². The Bertz CT molecular complexity index is 275. The lowest BCUT2D eigenvalue weighted by atomic mass is 9.97. The maximum atomic E-state index is 11.1. The molecule has 92 valence electrons. The van der Waals surface area contributed by atoms with Gasteiger partial charge in [-0.1, -0.05) is 41.7 Å². The fraction of sp³-hybridized carbons (Fsp3) is 0.769. The van der Waals surface area contributed by atoms with Gasteiger partial charge in [0.15, 0.2) is 0 Å². The number of carbonyl (C=O) groups is 1. The maximum absolute atomic E-state index is 11.1. The average molecular weight is 336 g/mol. The van der Waals surface area contributed by atoms with E-state index in [1.807, 2.05) is 6.92 Å². The Balaban J connectivity index is 2.36. The van der Waals surface area contributed by atoms with Gasteiger partial charge in [-0.15, -0.1) is 0 Å². The zero-order valence-corrected chi connectivity index (χ0v) is 12.5. The Kier molecular flexibility index (Phi) is 5.28. The van der Waals surface area contributed by atoms with Gasteiger partial charge in [0.25, 0.3) is 0 Å². The monoisotopic (exact) mass is 336 g/mol. The molecule has 0 radical (unpaired) electrons. The second kappa shape index (κ2) is 6.03. The second-order valence-corrected chi connectivity index (χ2v) is 6.29. The van der Waals surface area contributed by atoms with Crippen LogP contribution in [0.15, 0.2) is 12.2 Å². The van der Waals surface area contributed by atoms with E-state index in [4.69, 9.17) is 4.74 Å².